The van der Waals surface area contributed by atoms with E-state index in [1.54, 1.807) is 0 Å². The van der Waals surface area contributed by atoms with Crippen LogP contribution in [0.1, 0.15) is 6.42 Å². The largest absolute Gasteiger partial charge is 0.193 e. The first-order valence-corrected chi connectivity index (χ1v) is 2.86. The molecule has 0 amide bonds. The Hall–Kier alpha value is -1.29. The van der Waals surface area contributed by atoms with Crippen molar-refractivity contribution in [1.82, 2.24) is 0 Å². The second-order valence-corrected chi connectivity index (χ2v) is 1.81. The molecule has 1 heteroatoms. The van der Waals surface area contributed by atoms with Crippen LogP contribution in [0.2, 0.25) is 0 Å². The molecule has 0 heterocycles. The molecule has 1 aliphatic rings. The number of allylic oxidation sites excluding steroid dienone is 6. The molecule has 0 bridgehead atoms. The van der Waals surface area contributed by atoms with Gasteiger partial charge in [0.05, 0.1) is 6.07 Å². The van der Waals surface area contributed by atoms with Crippen molar-refractivity contribution in [3.8, 4) is 6.07 Å². The molecular formula is C8H7N. The van der Waals surface area contributed by atoms with Crippen molar-refractivity contribution in [2.45, 2.75) is 6.42 Å². The monoisotopic (exact) mass is 117 g/mol. The summed E-state index contributed by atoms with van der Waals surface area (Å²) in [6, 6.07) is 1.97. The number of hydrogen-bond donors (Lipinski definition) is 0. The Morgan fingerprint density at radius 1 is 1.44 bits per heavy atom. The Morgan fingerprint density at radius 3 is 2.67 bits per heavy atom. The Labute approximate surface area is 54.6 Å². The van der Waals surface area contributed by atoms with Gasteiger partial charge in [0.2, 0.25) is 0 Å². The van der Waals surface area contributed by atoms with Crippen LogP contribution in [-0.4, -0.2) is 0 Å². The zero-order chi connectivity index (χ0) is 6.53. The van der Waals surface area contributed by atoms with Gasteiger partial charge in [0.1, 0.15) is 0 Å². The Kier molecular flexibility index (Phi) is 1.87. The van der Waals surface area contributed by atoms with Gasteiger partial charge in [-0.3, -0.25) is 0 Å². The first-order chi connectivity index (χ1) is 4.43. The smallest absolute Gasteiger partial charge is 0.0918 e. The fourth-order valence-corrected chi connectivity index (χ4v) is 0.713. The number of nitrogens with zero attached hydrogens (tertiary/aromatic N) is 1. The quantitative estimate of drug-likeness (QED) is 0.445. The van der Waals surface area contributed by atoms with Crippen LogP contribution >= 0.6 is 0 Å². The third-order valence-corrected chi connectivity index (χ3v) is 1.12. The normalized spacial score (nSPS) is 15.2. The van der Waals surface area contributed by atoms with Crippen molar-refractivity contribution in [1.29, 1.82) is 5.26 Å². The van der Waals surface area contributed by atoms with Gasteiger partial charge in [-0.15, -0.1) is 0 Å². The van der Waals surface area contributed by atoms with Crippen LogP contribution in [0.4, 0.5) is 0 Å². The predicted octanol–water partition coefficient (Wildman–Crippen LogP) is 1.95. The first-order valence-electron chi connectivity index (χ1n) is 2.86. The second kappa shape index (κ2) is 2.88. The minimum absolute atomic E-state index is 0.989. The maximum Gasteiger partial charge on any atom is 0.0918 e. The summed E-state index contributed by atoms with van der Waals surface area (Å²) in [4.78, 5) is 0. The van der Waals surface area contributed by atoms with Crippen LogP contribution in [0.5, 0.6) is 0 Å². The van der Waals surface area contributed by atoms with Gasteiger partial charge in [0, 0.05) is 6.08 Å². The highest BCUT2D eigenvalue weighted by Gasteiger charge is 1.87. The minimum atomic E-state index is 0.989. The minimum Gasteiger partial charge on any atom is -0.193 e. The maximum atomic E-state index is 8.22. The summed E-state index contributed by atoms with van der Waals surface area (Å²) in [5.41, 5.74) is 0.990. The van der Waals surface area contributed by atoms with E-state index >= 15 is 0 Å². The van der Waals surface area contributed by atoms with E-state index in [2.05, 4.69) is 0 Å². The molecule has 9 heavy (non-hydrogen) atoms. The highest BCUT2D eigenvalue weighted by atomic mass is 14.2. The Morgan fingerprint density at radius 2 is 2.11 bits per heavy atom. The van der Waals surface area contributed by atoms with E-state index in [0.29, 0.717) is 0 Å². The summed E-state index contributed by atoms with van der Waals surface area (Å²) in [6.07, 6.45) is 10.5. The summed E-state index contributed by atoms with van der Waals surface area (Å²) in [6.45, 7) is 0. The van der Waals surface area contributed by atoms with Gasteiger partial charge in [-0.05, 0) is 12.0 Å². The molecule has 0 unspecified atom stereocenters. The molecule has 1 aliphatic carbocycles. The van der Waals surface area contributed by atoms with E-state index in [4.69, 9.17) is 5.26 Å². The standard InChI is InChI=1S/C8H7N/c9-7-6-8-4-2-1-3-5-8/h2-6H,1H2. The van der Waals surface area contributed by atoms with Crippen molar-refractivity contribution >= 4 is 0 Å². The lowest BCUT2D eigenvalue weighted by Gasteiger charge is -1.94. The summed E-state index contributed by atoms with van der Waals surface area (Å²) in [5, 5.41) is 8.22. The predicted molar refractivity (Wildman–Crippen MR) is 36.6 cm³/mol. The molecule has 0 aromatic carbocycles. The lowest BCUT2D eigenvalue weighted by molar-refractivity contribution is 1.34. The molecule has 0 N–H and O–H groups in total. The van der Waals surface area contributed by atoms with Gasteiger partial charge in [-0.2, -0.15) is 5.26 Å². The second-order valence-electron chi connectivity index (χ2n) is 1.81. The van der Waals surface area contributed by atoms with Crippen LogP contribution in [0.15, 0.2) is 36.0 Å². The molecule has 44 valence electrons. The number of nitriles is 1. The molecular weight excluding hydrogens is 110 g/mol. The number of hydrogen-bond acceptors (Lipinski definition) is 1. The van der Waals surface area contributed by atoms with E-state index in [-0.39, 0.29) is 0 Å². The molecule has 0 radical (unpaired) electrons. The molecule has 0 aliphatic heterocycles. The average molecular weight is 117 g/mol. The summed E-state index contributed by atoms with van der Waals surface area (Å²) in [7, 11) is 0. The molecule has 0 saturated heterocycles. The first kappa shape index (κ1) is 5.84. The van der Waals surface area contributed by atoms with Crippen LogP contribution in [0.3, 0.4) is 0 Å². The molecule has 1 rings (SSSR count). The SMILES string of the molecule is N#CC=C1C=CCC=C1. The van der Waals surface area contributed by atoms with Crippen LogP contribution in [-0.2, 0) is 0 Å². The molecule has 0 fully saturated rings. The van der Waals surface area contributed by atoms with Crippen molar-refractivity contribution in [2.75, 3.05) is 0 Å². The highest BCUT2D eigenvalue weighted by molar-refractivity contribution is 5.37. The molecule has 0 saturated carbocycles. The fourth-order valence-electron chi connectivity index (χ4n) is 0.713. The van der Waals surface area contributed by atoms with Crippen molar-refractivity contribution < 1.29 is 0 Å². The van der Waals surface area contributed by atoms with Gasteiger partial charge in [0.15, 0.2) is 0 Å². The van der Waals surface area contributed by atoms with Crippen molar-refractivity contribution in [2.24, 2.45) is 0 Å². The lowest BCUT2D eigenvalue weighted by Crippen LogP contribution is -1.75. The van der Waals surface area contributed by atoms with Gasteiger partial charge < -0.3 is 0 Å². The van der Waals surface area contributed by atoms with E-state index in [1.807, 2.05) is 30.4 Å². The van der Waals surface area contributed by atoms with Gasteiger partial charge in [-0.25, -0.2) is 0 Å². The Balaban J connectivity index is 2.73. The zero-order valence-corrected chi connectivity index (χ0v) is 5.04. The fraction of sp³-hybridized carbons (Fsp3) is 0.125. The summed E-state index contributed by atoms with van der Waals surface area (Å²) < 4.78 is 0. The van der Waals surface area contributed by atoms with E-state index in [0.717, 1.165) is 12.0 Å². The lowest BCUT2D eigenvalue weighted by atomic mass is 10.1. The molecule has 0 spiro atoms. The average Bonchev–Trinajstić information content (AvgIpc) is 1.91. The van der Waals surface area contributed by atoms with Crippen LogP contribution < -0.4 is 0 Å². The molecule has 1 nitrogen and oxygen atoms in total. The molecule has 0 aromatic heterocycles. The topological polar surface area (TPSA) is 23.8 Å². The van der Waals surface area contributed by atoms with Crippen LogP contribution in [0, 0.1) is 11.3 Å². The zero-order valence-electron chi connectivity index (χ0n) is 5.04. The highest BCUT2D eigenvalue weighted by Crippen LogP contribution is 2.06. The van der Waals surface area contributed by atoms with Gasteiger partial charge >= 0.3 is 0 Å². The summed E-state index contributed by atoms with van der Waals surface area (Å²) in [5.74, 6) is 0. The van der Waals surface area contributed by atoms with Crippen molar-refractivity contribution in [3.05, 3.63) is 36.0 Å². The Bertz CT molecular complexity index is 199. The van der Waals surface area contributed by atoms with Gasteiger partial charge in [0.25, 0.3) is 0 Å². The molecule has 0 aromatic rings. The third-order valence-electron chi connectivity index (χ3n) is 1.12. The summed E-state index contributed by atoms with van der Waals surface area (Å²) >= 11 is 0. The van der Waals surface area contributed by atoms with E-state index < -0.39 is 0 Å². The van der Waals surface area contributed by atoms with E-state index in [9.17, 15) is 0 Å². The molecule has 0 atom stereocenters. The maximum absolute atomic E-state index is 8.22. The van der Waals surface area contributed by atoms with Crippen molar-refractivity contribution in [3.63, 3.8) is 0 Å². The van der Waals surface area contributed by atoms with E-state index in [1.165, 1.54) is 6.08 Å². The van der Waals surface area contributed by atoms with Crippen LogP contribution in [0.25, 0.3) is 0 Å². The number of rotatable bonds is 0. The third kappa shape index (κ3) is 1.58. The van der Waals surface area contributed by atoms with Gasteiger partial charge in [-0.1, -0.05) is 24.3 Å².